The Kier molecular flexibility index (Phi) is 6.88. The first-order chi connectivity index (χ1) is 9.97. The number of para-hydroxylation sites is 1. The quantitative estimate of drug-likeness (QED) is 0.780. The SMILES string of the molecule is COCCNC(=O)CCN(C(C)=O)c1c(C)cccc1C. The van der Waals surface area contributed by atoms with Crippen LogP contribution in [-0.2, 0) is 14.3 Å². The molecule has 0 spiro atoms. The Labute approximate surface area is 126 Å². The predicted molar refractivity (Wildman–Crippen MR) is 83.4 cm³/mol. The van der Waals surface area contributed by atoms with Gasteiger partial charge in [-0.05, 0) is 25.0 Å². The number of benzene rings is 1. The third kappa shape index (κ3) is 5.19. The standard InChI is InChI=1S/C16H24N2O3/c1-12-6-5-7-13(2)16(12)18(14(3)19)10-8-15(20)17-9-11-21-4/h5-7H,8-11H2,1-4H3,(H,17,20). The Bertz CT molecular complexity index is 480. The highest BCUT2D eigenvalue weighted by Gasteiger charge is 2.17. The van der Waals surface area contributed by atoms with Gasteiger partial charge in [0.1, 0.15) is 0 Å². The summed E-state index contributed by atoms with van der Waals surface area (Å²) in [6.07, 6.45) is 0.275. The van der Waals surface area contributed by atoms with Gasteiger partial charge in [0.05, 0.1) is 6.61 Å². The van der Waals surface area contributed by atoms with E-state index in [1.165, 1.54) is 6.92 Å². The molecule has 0 aliphatic heterocycles. The molecule has 0 heterocycles. The minimum Gasteiger partial charge on any atom is -0.383 e. The number of rotatable bonds is 7. The van der Waals surface area contributed by atoms with Gasteiger partial charge in [-0.3, -0.25) is 9.59 Å². The molecular weight excluding hydrogens is 268 g/mol. The summed E-state index contributed by atoms with van der Waals surface area (Å²) in [5.74, 6) is -0.137. The second-order valence-electron chi connectivity index (χ2n) is 5.00. The summed E-state index contributed by atoms with van der Waals surface area (Å²) in [6.45, 7) is 6.81. The second-order valence-corrected chi connectivity index (χ2v) is 5.00. The molecule has 0 radical (unpaired) electrons. The normalized spacial score (nSPS) is 10.3. The van der Waals surface area contributed by atoms with E-state index >= 15 is 0 Å². The average Bonchev–Trinajstić information content (AvgIpc) is 2.41. The topological polar surface area (TPSA) is 58.6 Å². The maximum absolute atomic E-state index is 11.9. The van der Waals surface area contributed by atoms with E-state index in [4.69, 9.17) is 4.74 Å². The molecule has 0 aromatic heterocycles. The van der Waals surface area contributed by atoms with Crippen LogP contribution in [0.2, 0.25) is 0 Å². The lowest BCUT2D eigenvalue weighted by Crippen LogP contribution is -2.35. The van der Waals surface area contributed by atoms with Crippen molar-refractivity contribution in [1.82, 2.24) is 5.32 Å². The number of methoxy groups -OCH3 is 1. The van der Waals surface area contributed by atoms with Crippen molar-refractivity contribution >= 4 is 17.5 Å². The van der Waals surface area contributed by atoms with Crippen LogP contribution in [-0.4, -0.2) is 38.6 Å². The van der Waals surface area contributed by atoms with Crippen LogP contribution >= 0.6 is 0 Å². The Hall–Kier alpha value is -1.88. The molecule has 21 heavy (non-hydrogen) atoms. The zero-order valence-electron chi connectivity index (χ0n) is 13.2. The molecule has 0 aliphatic rings. The van der Waals surface area contributed by atoms with E-state index < -0.39 is 0 Å². The van der Waals surface area contributed by atoms with E-state index in [0.29, 0.717) is 19.7 Å². The van der Waals surface area contributed by atoms with E-state index in [9.17, 15) is 9.59 Å². The molecule has 0 saturated heterocycles. The van der Waals surface area contributed by atoms with E-state index in [1.807, 2.05) is 32.0 Å². The fourth-order valence-corrected chi connectivity index (χ4v) is 2.25. The van der Waals surface area contributed by atoms with Crippen LogP contribution in [0.3, 0.4) is 0 Å². The number of hydrogen-bond donors (Lipinski definition) is 1. The van der Waals surface area contributed by atoms with Gasteiger partial charge in [-0.2, -0.15) is 0 Å². The summed E-state index contributed by atoms with van der Waals surface area (Å²) >= 11 is 0. The summed E-state index contributed by atoms with van der Waals surface area (Å²) in [4.78, 5) is 25.3. The minimum absolute atomic E-state index is 0.0582. The van der Waals surface area contributed by atoms with E-state index in [1.54, 1.807) is 12.0 Å². The lowest BCUT2D eigenvalue weighted by Gasteiger charge is -2.25. The molecule has 0 unspecified atom stereocenters. The first-order valence-corrected chi connectivity index (χ1v) is 7.07. The van der Waals surface area contributed by atoms with Crippen LogP contribution in [0.4, 0.5) is 5.69 Å². The number of ether oxygens (including phenoxy) is 1. The molecule has 1 rings (SSSR count). The zero-order valence-corrected chi connectivity index (χ0v) is 13.2. The number of carbonyl (C=O) groups excluding carboxylic acids is 2. The molecule has 1 aromatic carbocycles. The van der Waals surface area contributed by atoms with Crippen molar-refractivity contribution in [1.29, 1.82) is 0 Å². The number of aryl methyl sites for hydroxylation is 2. The van der Waals surface area contributed by atoms with Gasteiger partial charge in [-0.25, -0.2) is 0 Å². The Morgan fingerprint density at radius 3 is 2.38 bits per heavy atom. The molecule has 1 N–H and O–H groups in total. The van der Waals surface area contributed by atoms with E-state index in [-0.39, 0.29) is 18.2 Å². The fraction of sp³-hybridized carbons (Fsp3) is 0.500. The largest absolute Gasteiger partial charge is 0.383 e. The van der Waals surface area contributed by atoms with E-state index in [2.05, 4.69) is 5.32 Å². The van der Waals surface area contributed by atoms with Crippen molar-refractivity contribution in [2.45, 2.75) is 27.2 Å². The van der Waals surface area contributed by atoms with Crippen LogP contribution in [0.5, 0.6) is 0 Å². The minimum atomic E-state index is -0.0791. The highest BCUT2D eigenvalue weighted by molar-refractivity contribution is 5.94. The van der Waals surface area contributed by atoms with Crippen LogP contribution in [0, 0.1) is 13.8 Å². The molecule has 0 saturated carbocycles. The number of hydrogen-bond acceptors (Lipinski definition) is 3. The molecular formula is C16H24N2O3. The molecule has 1 aromatic rings. The van der Waals surface area contributed by atoms with Gasteiger partial charge >= 0.3 is 0 Å². The van der Waals surface area contributed by atoms with Crippen molar-refractivity contribution in [3.05, 3.63) is 29.3 Å². The van der Waals surface area contributed by atoms with Crippen LogP contribution < -0.4 is 10.2 Å². The van der Waals surface area contributed by atoms with Crippen molar-refractivity contribution in [2.24, 2.45) is 0 Å². The molecule has 5 nitrogen and oxygen atoms in total. The van der Waals surface area contributed by atoms with Gasteiger partial charge in [0.15, 0.2) is 0 Å². The molecule has 5 heteroatoms. The average molecular weight is 292 g/mol. The monoisotopic (exact) mass is 292 g/mol. The number of carbonyl (C=O) groups is 2. The lowest BCUT2D eigenvalue weighted by atomic mass is 10.1. The number of nitrogens with one attached hydrogen (secondary N) is 1. The van der Waals surface area contributed by atoms with E-state index in [0.717, 1.165) is 16.8 Å². The maximum Gasteiger partial charge on any atom is 0.223 e. The Morgan fingerprint density at radius 2 is 1.86 bits per heavy atom. The number of nitrogens with zero attached hydrogens (tertiary/aromatic N) is 1. The van der Waals surface area contributed by atoms with Crippen LogP contribution in [0.15, 0.2) is 18.2 Å². The number of anilines is 1. The summed E-state index contributed by atoms with van der Waals surface area (Å²) in [7, 11) is 1.59. The predicted octanol–water partition coefficient (Wildman–Crippen LogP) is 1.81. The molecule has 0 atom stereocenters. The molecule has 0 bridgehead atoms. The van der Waals surface area contributed by atoms with Gasteiger partial charge in [-0.1, -0.05) is 18.2 Å². The Morgan fingerprint density at radius 1 is 1.24 bits per heavy atom. The highest BCUT2D eigenvalue weighted by Crippen LogP contribution is 2.24. The number of amides is 2. The first-order valence-electron chi connectivity index (χ1n) is 7.07. The van der Waals surface area contributed by atoms with Crippen LogP contribution in [0.25, 0.3) is 0 Å². The lowest BCUT2D eigenvalue weighted by molar-refractivity contribution is -0.121. The molecule has 116 valence electrons. The first kappa shape index (κ1) is 17.2. The van der Waals surface area contributed by atoms with Gasteiger partial charge < -0.3 is 15.0 Å². The van der Waals surface area contributed by atoms with Gasteiger partial charge in [0.2, 0.25) is 11.8 Å². The van der Waals surface area contributed by atoms with Gasteiger partial charge in [0.25, 0.3) is 0 Å². The summed E-state index contributed by atoms with van der Waals surface area (Å²) in [5, 5.41) is 2.76. The van der Waals surface area contributed by atoms with Gasteiger partial charge in [-0.15, -0.1) is 0 Å². The maximum atomic E-state index is 11.9. The Balaban J connectivity index is 2.71. The molecule has 0 fully saturated rings. The fourth-order valence-electron chi connectivity index (χ4n) is 2.25. The van der Waals surface area contributed by atoms with Crippen molar-refractivity contribution < 1.29 is 14.3 Å². The smallest absolute Gasteiger partial charge is 0.223 e. The van der Waals surface area contributed by atoms with Crippen molar-refractivity contribution in [2.75, 3.05) is 31.7 Å². The van der Waals surface area contributed by atoms with Crippen molar-refractivity contribution in [3.63, 3.8) is 0 Å². The third-order valence-electron chi connectivity index (χ3n) is 3.28. The summed E-state index contributed by atoms with van der Waals surface area (Å²) in [6, 6.07) is 5.90. The summed E-state index contributed by atoms with van der Waals surface area (Å²) < 4.78 is 4.88. The third-order valence-corrected chi connectivity index (χ3v) is 3.28. The highest BCUT2D eigenvalue weighted by atomic mass is 16.5. The molecule has 2 amide bonds. The van der Waals surface area contributed by atoms with Crippen LogP contribution in [0.1, 0.15) is 24.5 Å². The second kappa shape index (κ2) is 8.42. The van der Waals surface area contributed by atoms with Crippen molar-refractivity contribution in [3.8, 4) is 0 Å². The zero-order chi connectivity index (χ0) is 15.8. The molecule has 0 aliphatic carbocycles. The summed E-state index contributed by atoms with van der Waals surface area (Å²) in [5.41, 5.74) is 2.96. The van der Waals surface area contributed by atoms with Gasteiger partial charge in [0, 0.05) is 39.2 Å².